The van der Waals surface area contributed by atoms with E-state index in [-0.39, 0.29) is 23.2 Å². The van der Waals surface area contributed by atoms with Gasteiger partial charge in [0, 0.05) is 24.2 Å². The molecule has 8 nitrogen and oxygen atoms in total. The summed E-state index contributed by atoms with van der Waals surface area (Å²) in [6.07, 6.45) is 0. The number of nitro groups is 1. The minimum absolute atomic E-state index is 0.00271. The number of nitrogens with zero attached hydrogens (tertiary/aromatic N) is 3. The maximum atomic E-state index is 12.5. The van der Waals surface area contributed by atoms with Crippen LogP contribution in [0.5, 0.6) is 0 Å². The molecule has 1 unspecified atom stereocenters. The number of ether oxygens (including phenoxy) is 1. The van der Waals surface area contributed by atoms with Crippen molar-refractivity contribution in [2.45, 2.75) is 29.1 Å². The fourth-order valence-electron chi connectivity index (χ4n) is 2.83. The van der Waals surface area contributed by atoms with Gasteiger partial charge in [0.25, 0.3) is 11.6 Å². The first-order chi connectivity index (χ1) is 15.3. The Morgan fingerprint density at radius 2 is 1.97 bits per heavy atom. The largest absolute Gasteiger partial charge is 0.452 e. The van der Waals surface area contributed by atoms with Gasteiger partial charge in [-0.3, -0.25) is 14.9 Å². The maximum absolute atomic E-state index is 12.5. The molecule has 0 bridgehead atoms. The van der Waals surface area contributed by atoms with E-state index in [1.54, 1.807) is 7.05 Å². The lowest BCUT2D eigenvalue weighted by molar-refractivity contribution is -0.387. The zero-order chi connectivity index (χ0) is 23.3. The smallest absolute Gasteiger partial charge is 0.338 e. The summed E-state index contributed by atoms with van der Waals surface area (Å²) in [4.78, 5) is 42.0. The highest BCUT2D eigenvalue weighted by Crippen LogP contribution is 2.36. The first-order valence-electron chi connectivity index (χ1n) is 9.62. The summed E-state index contributed by atoms with van der Waals surface area (Å²) in [5.74, 6) is -1.18. The molecule has 10 heteroatoms. The van der Waals surface area contributed by atoms with Crippen LogP contribution in [0.15, 0.2) is 63.1 Å². The van der Waals surface area contributed by atoms with Crippen LogP contribution in [0, 0.1) is 17.0 Å². The summed E-state index contributed by atoms with van der Waals surface area (Å²) in [5, 5.41) is 13.4. The third-order valence-electron chi connectivity index (χ3n) is 4.77. The van der Waals surface area contributed by atoms with Gasteiger partial charge in [0.05, 0.1) is 21.4 Å². The molecule has 166 valence electrons. The van der Waals surface area contributed by atoms with E-state index in [0.717, 1.165) is 29.1 Å². The predicted molar refractivity (Wildman–Crippen MR) is 122 cm³/mol. The van der Waals surface area contributed by atoms with Crippen LogP contribution in [0.4, 0.5) is 5.69 Å². The van der Waals surface area contributed by atoms with Crippen molar-refractivity contribution in [2.24, 2.45) is 0 Å². The highest BCUT2D eigenvalue weighted by atomic mass is 32.2. The van der Waals surface area contributed by atoms with Gasteiger partial charge in [-0.25, -0.2) is 9.78 Å². The zero-order valence-corrected chi connectivity index (χ0v) is 19.3. The van der Waals surface area contributed by atoms with Crippen LogP contribution in [0.1, 0.15) is 34.6 Å². The molecule has 0 saturated heterocycles. The molecular formula is C22H21N3O5S2. The Kier molecular flexibility index (Phi) is 7.60. The number of carbonyl (C=O) groups excluding carboxylic acids is 2. The van der Waals surface area contributed by atoms with Crippen LogP contribution < -0.4 is 0 Å². The summed E-state index contributed by atoms with van der Waals surface area (Å²) in [6.45, 7) is 3.25. The summed E-state index contributed by atoms with van der Waals surface area (Å²) >= 11 is 2.55. The average Bonchev–Trinajstić information content (AvgIpc) is 3.21. The normalized spacial score (nSPS) is 11.6. The van der Waals surface area contributed by atoms with Crippen LogP contribution >= 0.6 is 23.1 Å². The lowest BCUT2D eigenvalue weighted by Gasteiger charge is -2.25. The Morgan fingerprint density at radius 1 is 1.25 bits per heavy atom. The molecule has 0 aliphatic rings. The Hall–Kier alpha value is -3.24. The van der Waals surface area contributed by atoms with Crippen molar-refractivity contribution in [2.75, 3.05) is 13.7 Å². The zero-order valence-electron chi connectivity index (χ0n) is 17.7. The third-order valence-corrected chi connectivity index (χ3v) is 6.89. The van der Waals surface area contributed by atoms with Crippen LogP contribution in [0.2, 0.25) is 0 Å². The van der Waals surface area contributed by atoms with E-state index in [4.69, 9.17) is 4.74 Å². The molecule has 32 heavy (non-hydrogen) atoms. The van der Waals surface area contributed by atoms with E-state index in [0.29, 0.717) is 9.24 Å². The molecule has 1 atom stereocenters. The quantitative estimate of drug-likeness (QED) is 0.262. The number of thiazole rings is 1. The first kappa shape index (κ1) is 23.4. The van der Waals surface area contributed by atoms with E-state index in [1.807, 2.05) is 49.6 Å². The van der Waals surface area contributed by atoms with Gasteiger partial charge in [-0.15, -0.1) is 11.3 Å². The molecule has 1 aromatic heterocycles. The number of nitro benzene ring substituents is 1. The van der Waals surface area contributed by atoms with Gasteiger partial charge in [0.15, 0.2) is 10.9 Å². The molecule has 3 rings (SSSR count). The summed E-state index contributed by atoms with van der Waals surface area (Å²) < 4.78 is 5.79. The van der Waals surface area contributed by atoms with Crippen LogP contribution in [0.25, 0.3) is 0 Å². The number of likely N-dealkylation sites (N-methyl/N-ethyl adjacent to an activating group) is 1. The second-order valence-corrected chi connectivity index (χ2v) is 9.11. The number of esters is 1. The van der Waals surface area contributed by atoms with Crippen molar-refractivity contribution in [3.05, 3.63) is 80.8 Å². The van der Waals surface area contributed by atoms with Crippen molar-refractivity contribution in [3.63, 3.8) is 0 Å². The van der Waals surface area contributed by atoms with Gasteiger partial charge < -0.3 is 9.64 Å². The van der Waals surface area contributed by atoms with Crippen molar-refractivity contribution in [3.8, 4) is 0 Å². The number of amides is 1. The fraction of sp³-hybridized carbons (Fsp3) is 0.227. The molecule has 3 aromatic rings. The minimum atomic E-state index is -0.802. The minimum Gasteiger partial charge on any atom is -0.452 e. The van der Waals surface area contributed by atoms with Gasteiger partial charge in [-0.2, -0.15) is 0 Å². The monoisotopic (exact) mass is 471 g/mol. The second kappa shape index (κ2) is 10.4. The number of aromatic nitrogens is 1. The molecule has 0 radical (unpaired) electrons. The van der Waals surface area contributed by atoms with Crippen LogP contribution in [-0.2, 0) is 9.53 Å². The summed E-state index contributed by atoms with van der Waals surface area (Å²) in [5.41, 5.74) is 1.56. The van der Waals surface area contributed by atoms with E-state index < -0.39 is 17.5 Å². The fourth-order valence-corrected chi connectivity index (χ4v) is 4.71. The predicted octanol–water partition coefficient (Wildman–Crippen LogP) is 4.89. The maximum Gasteiger partial charge on any atom is 0.338 e. The van der Waals surface area contributed by atoms with Crippen molar-refractivity contribution >= 4 is 40.7 Å². The highest BCUT2D eigenvalue weighted by molar-refractivity contribution is 8.01. The third kappa shape index (κ3) is 5.71. The molecular weight excluding hydrogens is 450 g/mol. The van der Waals surface area contributed by atoms with Crippen LogP contribution in [0.3, 0.4) is 0 Å². The molecule has 0 aliphatic carbocycles. The lowest BCUT2D eigenvalue weighted by Crippen LogP contribution is -2.33. The van der Waals surface area contributed by atoms with Gasteiger partial charge in [0.1, 0.15) is 0 Å². The average molecular weight is 472 g/mol. The van der Waals surface area contributed by atoms with Gasteiger partial charge in [-0.1, -0.05) is 42.1 Å². The molecule has 0 N–H and O–H groups in total. The van der Waals surface area contributed by atoms with E-state index >= 15 is 0 Å². The number of hydrogen-bond donors (Lipinski definition) is 0. The molecule has 0 saturated carbocycles. The Morgan fingerprint density at radius 3 is 2.59 bits per heavy atom. The van der Waals surface area contributed by atoms with Crippen molar-refractivity contribution in [1.82, 2.24) is 9.88 Å². The van der Waals surface area contributed by atoms with E-state index in [2.05, 4.69) is 4.98 Å². The number of rotatable bonds is 8. The highest BCUT2D eigenvalue weighted by Gasteiger charge is 2.22. The van der Waals surface area contributed by atoms with E-state index in [1.165, 1.54) is 28.4 Å². The van der Waals surface area contributed by atoms with E-state index in [9.17, 15) is 19.7 Å². The van der Waals surface area contributed by atoms with Gasteiger partial charge in [-0.05, 0) is 31.5 Å². The van der Waals surface area contributed by atoms with Crippen molar-refractivity contribution < 1.29 is 19.2 Å². The number of hydrogen-bond acceptors (Lipinski definition) is 8. The Labute approximate surface area is 193 Å². The molecule has 1 amide bonds. The second-order valence-electron chi connectivity index (χ2n) is 6.96. The SMILES string of the molecule is Cc1csc(Sc2ccc(C(=O)OCC(=O)N(C)C(C)c3ccccc3)cc2[N+](=O)[O-])n1. The lowest BCUT2D eigenvalue weighted by atomic mass is 10.1. The van der Waals surface area contributed by atoms with Crippen LogP contribution in [-0.4, -0.2) is 40.3 Å². The van der Waals surface area contributed by atoms with Crippen molar-refractivity contribution in [1.29, 1.82) is 0 Å². The molecule has 0 spiro atoms. The Balaban J connectivity index is 1.66. The topological polar surface area (TPSA) is 103 Å². The standard InChI is InChI=1S/C22H21N3O5S2/c1-14-13-31-22(23-14)32-19-10-9-17(11-18(19)25(28)29)21(27)30-12-20(26)24(3)15(2)16-7-5-4-6-8-16/h4-11,13,15H,12H2,1-3H3. The number of carbonyl (C=O) groups is 2. The molecule has 1 heterocycles. The molecule has 0 aliphatic heterocycles. The van der Waals surface area contributed by atoms with Gasteiger partial charge in [0.2, 0.25) is 0 Å². The summed E-state index contributed by atoms with van der Waals surface area (Å²) in [7, 11) is 1.63. The van der Waals surface area contributed by atoms with Gasteiger partial charge >= 0.3 is 5.97 Å². The first-order valence-corrected chi connectivity index (χ1v) is 11.3. The summed E-state index contributed by atoms with van der Waals surface area (Å²) in [6, 6.07) is 13.4. The Bertz CT molecular complexity index is 1130. The molecule has 2 aromatic carbocycles. The number of benzene rings is 2. The number of aryl methyl sites for hydroxylation is 1. The molecule has 0 fully saturated rings.